The molecule has 0 fully saturated rings. The van der Waals surface area contributed by atoms with Crippen molar-refractivity contribution in [2.45, 2.75) is 45.3 Å². The Morgan fingerprint density at radius 3 is 2.07 bits per heavy atom. The molecule has 0 aliphatic rings. The zero-order valence-electron chi connectivity index (χ0n) is 23.7. The molecule has 1 N–H and O–H groups in total. The van der Waals surface area contributed by atoms with Crippen molar-refractivity contribution < 1.29 is 22.7 Å². The number of methoxy groups -OCH3 is 1. The standard InChI is InChI=1S/C30H35Cl2N3O5S/c1-30(2,3)33-29(37)26(18-21-12-7-6-8-13-21)34(19-22-23(31)14-11-15-24(22)32)28(36)20-35(41(5,38)39)25-16-9-10-17-27(25)40-4/h6-17,26H,18-20H2,1-5H3,(H,33,37)/t26-/m0/s1. The number of carbonyl (C=O) groups is 2. The molecular weight excluding hydrogens is 585 g/mol. The summed E-state index contributed by atoms with van der Waals surface area (Å²) in [7, 11) is -2.53. The van der Waals surface area contributed by atoms with Crippen LogP contribution >= 0.6 is 23.2 Å². The SMILES string of the molecule is COc1ccccc1N(CC(=O)N(Cc1c(Cl)cccc1Cl)[C@@H](Cc1ccccc1)C(=O)NC(C)(C)C)S(C)(=O)=O. The third-order valence-corrected chi connectivity index (χ3v) is 8.03. The summed E-state index contributed by atoms with van der Waals surface area (Å²) in [6.45, 7) is 4.81. The smallest absolute Gasteiger partial charge is 0.244 e. The van der Waals surface area contributed by atoms with Crippen molar-refractivity contribution in [1.82, 2.24) is 10.2 Å². The summed E-state index contributed by atoms with van der Waals surface area (Å²) in [5.41, 5.74) is 0.850. The van der Waals surface area contributed by atoms with Gasteiger partial charge in [0, 0.05) is 34.1 Å². The van der Waals surface area contributed by atoms with E-state index in [1.54, 1.807) is 42.5 Å². The summed E-state index contributed by atoms with van der Waals surface area (Å²) in [5.74, 6) is -0.749. The molecule has 41 heavy (non-hydrogen) atoms. The minimum atomic E-state index is -3.95. The maximum absolute atomic E-state index is 14.2. The number of carbonyl (C=O) groups excluding carboxylic acids is 2. The van der Waals surface area contributed by atoms with E-state index in [2.05, 4.69) is 5.32 Å². The highest BCUT2D eigenvalue weighted by molar-refractivity contribution is 7.92. The zero-order chi connectivity index (χ0) is 30.4. The van der Waals surface area contributed by atoms with Crippen molar-refractivity contribution in [2.75, 3.05) is 24.2 Å². The zero-order valence-corrected chi connectivity index (χ0v) is 26.1. The number of nitrogens with zero attached hydrogens (tertiary/aromatic N) is 2. The lowest BCUT2D eigenvalue weighted by Gasteiger charge is -2.35. The molecule has 0 spiro atoms. The number of nitrogens with one attached hydrogen (secondary N) is 1. The van der Waals surface area contributed by atoms with E-state index >= 15 is 0 Å². The minimum absolute atomic E-state index is 0.129. The lowest BCUT2D eigenvalue weighted by molar-refractivity contribution is -0.140. The maximum atomic E-state index is 14.2. The molecule has 0 saturated carbocycles. The third kappa shape index (κ3) is 8.86. The Kier molecular flexibility index (Phi) is 10.7. The Morgan fingerprint density at radius 1 is 0.927 bits per heavy atom. The molecule has 8 nitrogen and oxygen atoms in total. The fraction of sp³-hybridized carbons (Fsp3) is 0.333. The summed E-state index contributed by atoms with van der Waals surface area (Å²) >= 11 is 13.0. The normalized spacial score (nSPS) is 12.4. The lowest BCUT2D eigenvalue weighted by atomic mass is 10.0. The molecule has 0 radical (unpaired) electrons. The van der Waals surface area contributed by atoms with Crippen LogP contribution in [0.3, 0.4) is 0 Å². The maximum Gasteiger partial charge on any atom is 0.244 e. The van der Waals surface area contributed by atoms with Gasteiger partial charge in [0.2, 0.25) is 21.8 Å². The number of anilines is 1. The van der Waals surface area contributed by atoms with Crippen LogP contribution in [0.1, 0.15) is 31.9 Å². The van der Waals surface area contributed by atoms with Gasteiger partial charge >= 0.3 is 0 Å². The van der Waals surface area contributed by atoms with E-state index in [0.29, 0.717) is 15.6 Å². The second-order valence-electron chi connectivity index (χ2n) is 10.6. The van der Waals surface area contributed by atoms with E-state index < -0.39 is 40.0 Å². The Bertz CT molecular complexity index is 1460. The molecule has 2 amide bonds. The molecule has 0 unspecified atom stereocenters. The number of benzene rings is 3. The number of rotatable bonds is 11. The minimum Gasteiger partial charge on any atom is -0.495 e. The summed E-state index contributed by atoms with van der Waals surface area (Å²) < 4.78 is 32.3. The van der Waals surface area contributed by atoms with E-state index in [1.165, 1.54) is 12.0 Å². The van der Waals surface area contributed by atoms with Gasteiger partial charge in [0.25, 0.3) is 0 Å². The van der Waals surface area contributed by atoms with Gasteiger partial charge in [-0.15, -0.1) is 0 Å². The summed E-state index contributed by atoms with van der Waals surface area (Å²) in [4.78, 5) is 29.4. The number of ether oxygens (including phenoxy) is 1. The largest absolute Gasteiger partial charge is 0.495 e. The van der Waals surface area contributed by atoms with Crippen LogP contribution in [0.5, 0.6) is 5.75 Å². The van der Waals surface area contributed by atoms with Gasteiger partial charge in [0.05, 0.1) is 19.1 Å². The highest BCUT2D eigenvalue weighted by Gasteiger charge is 2.35. The quantitative estimate of drug-likeness (QED) is 0.313. The van der Waals surface area contributed by atoms with Crippen LogP contribution < -0.4 is 14.4 Å². The summed E-state index contributed by atoms with van der Waals surface area (Å²) in [6.07, 6.45) is 1.18. The predicted octanol–water partition coefficient (Wildman–Crippen LogP) is 5.32. The molecule has 11 heteroatoms. The molecule has 0 aliphatic heterocycles. The van der Waals surface area contributed by atoms with Crippen molar-refractivity contribution in [1.29, 1.82) is 0 Å². The van der Waals surface area contributed by atoms with Gasteiger partial charge in [-0.05, 0) is 50.6 Å². The van der Waals surface area contributed by atoms with Gasteiger partial charge < -0.3 is 15.0 Å². The van der Waals surface area contributed by atoms with Crippen molar-refractivity contribution in [3.8, 4) is 5.75 Å². The first-order valence-corrected chi connectivity index (χ1v) is 15.5. The molecular formula is C30H35Cl2N3O5S. The Hall–Kier alpha value is -3.27. The van der Waals surface area contributed by atoms with Crippen LogP contribution in [0.4, 0.5) is 5.69 Å². The molecule has 3 rings (SSSR count). The van der Waals surface area contributed by atoms with Crippen molar-refractivity contribution >= 4 is 50.7 Å². The summed E-state index contributed by atoms with van der Waals surface area (Å²) in [5, 5.41) is 3.60. The molecule has 3 aromatic carbocycles. The first kappa shape index (κ1) is 32.2. The van der Waals surface area contributed by atoms with E-state index in [-0.39, 0.29) is 24.4 Å². The van der Waals surface area contributed by atoms with Crippen LogP contribution in [0, 0.1) is 0 Å². The monoisotopic (exact) mass is 619 g/mol. The van der Waals surface area contributed by atoms with Gasteiger partial charge in [-0.1, -0.05) is 71.7 Å². The lowest BCUT2D eigenvalue weighted by Crippen LogP contribution is -2.56. The Balaban J connectivity index is 2.14. The molecule has 220 valence electrons. The molecule has 0 bridgehead atoms. The third-order valence-electron chi connectivity index (χ3n) is 6.19. The number of halogens is 2. The first-order valence-electron chi connectivity index (χ1n) is 12.9. The number of hydrogen-bond donors (Lipinski definition) is 1. The molecule has 0 aliphatic carbocycles. The summed E-state index contributed by atoms with van der Waals surface area (Å²) in [6, 6.07) is 19.7. The van der Waals surface area contributed by atoms with Crippen molar-refractivity contribution in [2.24, 2.45) is 0 Å². The number of amides is 2. The van der Waals surface area contributed by atoms with Gasteiger partial charge in [-0.2, -0.15) is 0 Å². The van der Waals surface area contributed by atoms with Crippen LogP contribution in [0.25, 0.3) is 0 Å². The number of hydrogen-bond acceptors (Lipinski definition) is 5. The topological polar surface area (TPSA) is 96.0 Å². The van der Waals surface area contributed by atoms with Gasteiger partial charge in [-0.25, -0.2) is 8.42 Å². The Morgan fingerprint density at radius 2 is 1.51 bits per heavy atom. The molecule has 0 heterocycles. The van der Waals surface area contributed by atoms with E-state index in [0.717, 1.165) is 16.1 Å². The van der Waals surface area contributed by atoms with Gasteiger partial charge in [0.1, 0.15) is 18.3 Å². The molecule has 3 aromatic rings. The highest BCUT2D eigenvalue weighted by atomic mass is 35.5. The molecule has 0 saturated heterocycles. The number of para-hydroxylation sites is 2. The molecule has 1 atom stereocenters. The Labute approximate surface area is 252 Å². The van der Waals surface area contributed by atoms with Gasteiger partial charge in [0.15, 0.2) is 0 Å². The molecule has 0 aromatic heterocycles. The van der Waals surface area contributed by atoms with Gasteiger partial charge in [-0.3, -0.25) is 13.9 Å². The van der Waals surface area contributed by atoms with Crippen LogP contribution in [-0.4, -0.2) is 56.6 Å². The first-order chi connectivity index (χ1) is 19.2. The van der Waals surface area contributed by atoms with E-state index in [9.17, 15) is 18.0 Å². The van der Waals surface area contributed by atoms with Crippen LogP contribution in [-0.2, 0) is 32.6 Å². The fourth-order valence-electron chi connectivity index (χ4n) is 4.29. The number of sulfonamides is 1. The van der Waals surface area contributed by atoms with Crippen molar-refractivity contribution in [3.05, 3.63) is 94.0 Å². The van der Waals surface area contributed by atoms with E-state index in [1.807, 2.05) is 51.1 Å². The van der Waals surface area contributed by atoms with Crippen molar-refractivity contribution in [3.63, 3.8) is 0 Å². The highest BCUT2D eigenvalue weighted by Crippen LogP contribution is 2.31. The van der Waals surface area contributed by atoms with Crippen LogP contribution in [0.2, 0.25) is 10.0 Å². The predicted molar refractivity (Wildman–Crippen MR) is 164 cm³/mol. The van der Waals surface area contributed by atoms with E-state index in [4.69, 9.17) is 27.9 Å². The average molecular weight is 621 g/mol. The second-order valence-corrected chi connectivity index (χ2v) is 13.3. The fourth-order valence-corrected chi connectivity index (χ4v) is 5.66. The second kappa shape index (κ2) is 13.6. The van der Waals surface area contributed by atoms with Crippen LogP contribution in [0.15, 0.2) is 72.8 Å². The average Bonchev–Trinajstić information content (AvgIpc) is 2.89.